The second kappa shape index (κ2) is 5.98. The van der Waals surface area contributed by atoms with Gasteiger partial charge in [0, 0.05) is 10.9 Å². The van der Waals surface area contributed by atoms with E-state index in [1.807, 2.05) is 6.07 Å². The van der Waals surface area contributed by atoms with Gasteiger partial charge in [-0.2, -0.15) is 0 Å². The minimum absolute atomic E-state index is 0.428. The topological polar surface area (TPSA) is 25.2 Å². The van der Waals surface area contributed by atoms with Crippen LogP contribution < -0.4 is 5.32 Å². The van der Waals surface area contributed by atoms with Crippen molar-refractivity contribution in [2.45, 2.75) is 46.6 Å². The van der Waals surface area contributed by atoms with Gasteiger partial charge in [0.15, 0.2) is 5.58 Å². The van der Waals surface area contributed by atoms with Crippen LogP contribution in [0.5, 0.6) is 0 Å². The Kier molecular flexibility index (Phi) is 4.54. The molecule has 1 N–H and O–H groups in total. The van der Waals surface area contributed by atoms with Crippen LogP contribution in [0.15, 0.2) is 16.5 Å². The molecular formula is C16H22ClNO. The first-order valence-corrected chi connectivity index (χ1v) is 7.34. The van der Waals surface area contributed by atoms with Gasteiger partial charge in [-0.05, 0) is 43.5 Å². The fourth-order valence-corrected chi connectivity index (χ4v) is 2.82. The van der Waals surface area contributed by atoms with Crippen LogP contribution in [0.25, 0.3) is 11.0 Å². The third-order valence-corrected chi connectivity index (χ3v) is 3.57. The van der Waals surface area contributed by atoms with Gasteiger partial charge in [0.05, 0.1) is 11.6 Å². The Bertz CT molecular complexity index is 572. The second-order valence-corrected chi connectivity index (χ2v) is 5.80. The maximum Gasteiger partial charge on any atom is 0.153 e. The van der Waals surface area contributed by atoms with Crippen molar-refractivity contribution in [2.75, 3.05) is 6.54 Å². The lowest BCUT2D eigenvalue weighted by Gasteiger charge is -2.07. The molecule has 1 heterocycles. The van der Waals surface area contributed by atoms with Crippen molar-refractivity contribution in [1.29, 1.82) is 0 Å². The second-order valence-electron chi connectivity index (χ2n) is 5.39. The Labute approximate surface area is 120 Å². The molecule has 0 radical (unpaired) electrons. The Hall–Kier alpha value is -0.990. The number of fused-ring (bicyclic) bond motifs is 1. The van der Waals surface area contributed by atoms with Crippen molar-refractivity contribution in [3.63, 3.8) is 0 Å². The van der Waals surface area contributed by atoms with E-state index < -0.39 is 0 Å². The first kappa shape index (κ1) is 14.4. The van der Waals surface area contributed by atoms with E-state index in [0.29, 0.717) is 10.9 Å². The number of aryl methyl sites for hydroxylation is 1. The van der Waals surface area contributed by atoms with E-state index in [-0.39, 0.29) is 0 Å². The van der Waals surface area contributed by atoms with E-state index in [1.165, 1.54) is 11.1 Å². The number of hydrogen-bond donors (Lipinski definition) is 1. The first-order valence-electron chi connectivity index (χ1n) is 6.96. The molecule has 0 saturated carbocycles. The van der Waals surface area contributed by atoms with Gasteiger partial charge in [0.1, 0.15) is 5.76 Å². The van der Waals surface area contributed by atoms with Crippen LogP contribution in [-0.2, 0) is 6.54 Å². The summed E-state index contributed by atoms with van der Waals surface area (Å²) in [6.07, 6.45) is 1.12. The zero-order valence-electron chi connectivity index (χ0n) is 12.1. The highest BCUT2D eigenvalue weighted by Gasteiger charge is 2.18. The summed E-state index contributed by atoms with van der Waals surface area (Å²) in [5, 5.41) is 5.27. The number of hydrogen-bond acceptors (Lipinski definition) is 2. The minimum Gasteiger partial charge on any atom is -0.458 e. The van der Waals surface area contributed by atoms with Crippen molar-refractivity contribution in [1.82, 2.24) is 5.32 Å². The van der Waals surface area contributed by atoms with Gasteiger partial charge in [0.2, 0.25) is 0 Å². The molecule has 0 unspecified atom stereocenters. The van der Waals surface area contributed by atoms with E-state index in [0.717, 1.165) is 36.2 Å². The fraction of sp³-hybridized carbons (Fsp3) is 0.500. The molecule has 0 fully saturated rings. The van der Waals surface area contributed by atoms with Crippen molar-refractivity contribution >= 4 is 22.6 Å². The number of halogens is 1. The van der Waals surface area contributed by atoms with Crippen molar-refractivity contribution in [3.05, 3.63) is 34.0 Å². The molecular weight excluding hydrogens is 258 g/mol. The van der Waals surface area contributed by atoms with Crippen LogP contribution in [0.1, 0.15) is 50.0 Å². The molecule has 0 aliphatic carbocycles. The minimum atomic E-state index is 0.428. The Morgan fingerprint density at radius 2 is 2.05 bits per heavy atom. The molecule has 0 bridgehead atoms. The molecule has 0 amide bonds. The molecule has 3 heteroatoms. The largest absolute Gasteiger partial charge is 0.458 e. The van der Waals surface area contributed by atoms with Crippen molar-refractivity contribution in [2.24, 2.45) is 0 Å². The molecule has 1 aromatic carbocycles. The summed E-state index contributed by atoms with van der Waals surface area (Å²) in [5.74, 6) is 1.45. The average Bonchev–Trinajstić information content (AvgIpc) is 2.68. The van der Waals surface area contributed by atoms with Crippen molar-refractivity contribution < 1.29 is 4.42 Å². The van der Waals surface area contributed by atoms with Gasteiger partial charge >= 0.3 is 0 Å². The first-order chi connectivity index (χ1) is 9.04. The Balaban J connectivity index is 2.51. The molecule has 2 nitrogen and oxygen atoms in total. The molecule has 0 saturated heterocycles. The van der Waals surface area contributed by atoms with Crippen LogP contribution >= 0.6 is 11.6 Å². The monoisotopic (exact) mass is 279 g/mol. The molecule has 2 aromatic rings. The van der Waals surface area contributed by atoms with Crippen LogP contribution in [0.4, 0.5) is 0 Å². The van der Waals surface area contributed by atoms with Crippen LogP contribution in [0.3, 0.4) is 0 Å². The van der Waals surface area contributed by atoms with Gasteiger partial charge in [0.25, 0.3) is 0 Å². The average molecular weight is 280 g/mol. The molecule has 104 valence electrons. The van der Waals surface area contributed by atoms with E-state index in [4.69, 9.17) is 16.0 Å². The lowest BCUT2D eigenvalue weighted by atomic mass is 9.98. The lowest BCUT2D eigenvalue weighted by molar-refractivity contribution is 0.504. The predicted octanol–water partition coefficient (Wildman–Crippen LogP) is 5.02. The number of nitrogens with one attached hydrogen (secondary N) is 1. The van der Waals surface area contributed by atoms with E-state index >= 15 is 0 Å². The maximum atomic E-state index is 6.30. The highest BCUT2D eigenvalue weighted by Crippen LogP contribution is 2.36. The quantitative estimate of drug-likeness (QED) is 0.778. The summed E-state index contributed by atoms with van der Waals surface area (Å²) in [7, 11) is 0. The summed E-state index contributed by atoms with van der Waals surface area (Å²) >= 11 is 6.30. The number of rotatable bonds is 5. The normalized spacial score (nSPS) is 11.7. The molecule has 19 heavy (non-hydrogen) atoms. The zero-order valence-corrected chi connectivity index (χ0v) is 12.9. The van der Waals surface area contributed by atoms with Crippen LogP contribution in [0.2, 0.25) is 5.02 Å². The van der Waals surface area contributed by atoms with Crippen LogP contribution in [0, 0.1) is 6.92 Å². The van der Waals surface area contributed by atoms with Crippen LogP contribution in [-0.4, -0.2) is 6.54 Å². The van der Waals surface area contributed by atoms with Crippen molar-refractivity contribution in [3.8, 4) is 0 Å². The van der Waals surface area contributed by atoms with Gasteiger partial charge in [-0.3, -0.25) is 0 Å². The molecule has 0 spiro atoms. The number of benzene rings is 1. The summed E-state index contributed by atoms with van der Waals surface area (Å²) in [4.78, 5) is 0. The summed E-state index contributed by atoms with van der Waals surface area (Å²) in [6.45, 7) is 10.4. The van der Waals surface area contributed by atoms with Gasteiger partial charge in [-0.15, -0.1) is 0 Å². The Morgan fingerprint density at radius 3 is 2.68 bits per heavy atom. The standard InChI is InChI=1S/C16H22ClNO/c1-5-6-18-9-14-15(10(2)3)12-7-11(4)8-13(17)16(12)19-14/h7-8,10,18H,5-6,9H2,1-4H3. The fourth-order valence-electron chi connectivity index (χ4n) is 2.50. The highest BCUT2D eigenvalue weighted by atomic mass is 35.5. The molecule has 0 aliphatic rings. The predicted molar refractivity (Wildman–Crippen MR) is 82.0 cm³/mol. The third kappa shape index (κ3) is 2.96. The van der Waals surface area contributed by atoms with Gasteiger partial charge in [-0.1, -0.05) is 32.4 Å². The third-order valence-electron chi connectivity index (χ3n) is 3.29. The molecule has 1 aromatic heterocycles. The zero-order chi connectivity index (χ0) is 14.0. The Morgan fingerprint density at radius 1 is 1.32 bits per heavy atom. The molecule has 2 rings (SSSR count). The summed E-state index contributed by atoms with van der Waals surface area (Å²) in [6, 6.07) is 4.13. The maximum absolute atomic E-state index is 6.30. The smallest absolute Gasteiger partial charge is 0.153 e. The number of furan rings is 1. The van der Waals surface area contributed by atoms with Gasteiger partial charge < -0.3 is 9.73 Å². The molecule has 0 atom stereocenters. The van der Waals surface area contributed by atoms with E-state index in [2.05, 4.69) is 39.1 Å². The lowest BCUT2D eigenvalue weighted by Crippen LogP contribution is -2.14. The SMILES string of the molecule is CCCNCc1oc2c(Cl)cc(C)cc2c1C(C)C. The molecule has 0 aliphatic heterocycles. The van der Waals surface area contributed by atoms with E-state index in [1.54, 1.807) is 0 Å². The summed E-state index contributed by atoms with van der Waals surface area (Å²) in [5.41, 5.74) is 3.28. The highest BCUT2D eigenvalue weighted by molar-refractivity contribution is 6.35. The van der Waals surface area contributed by atoms with E-state index in [9.17, 15) is 0 Å². The van der Waals surface area contributed by atoms with Gasteiger partial charge in [-0.25, -0.2) is 0 Å². The summed E-state index contributed by atoms with van der Waals surface area (Å²) < 4.78 is 6.00.